The zero-order valence-electron chi connectivity index (χ0n) is 19.6. The van der Waals surface area contributed by atoms with Crippen LogP contribution in [0.15, 0.2) is 36.4 Å². The molecule has 4 rings (SSSR count). The second-order valence-electron chi connectivity index (χ2n) is 7.48. The molecule has 2 aromatic rings. The normalized spacial score (nSPS) is 16.6. The molecule has 1 amide bonds. The van der Waals surface area contributed by atoms with Crippen molar-refractivity contribution in [2.75, 3.05) is 62.3 Å². The number of carbonyl (C=O) groups is 1. The summed E-state index contributed by atoms with van der Waals surface area (Å²) in [6.45, 7) is 9.08. The van der Waals surface area contributed by atoms with E-state index >= 15 is 0 Å². The fourth-order valence-electron chi connectivity index (χ4n) is 3.59. The summed E-state index contributed by atoms with van der Waals surface area (Å²) in [5, 5.41) is 0. The number of rotatable bonds is 2. The molecule has 8 N–H and O–H groups in total. The minimum atomic E-state index is -0.307. The first-order valence-electron chi connectivity index (χ1n) is 11.3. The number of aromatic nitrogens is 1. The molecule has 0 unspecified atom stereocenters. The molecule has 2 saturated heterocycles. The summed E-state index contributed by atoms with van der Waals surface area (Å²) in [7, 11) is 0. The number of anilines is 4. The molecule has 0 saturated carbocycles. The quantitative estimate of drug-likeness (QED) is 0.495. The second-order valence-corrected chi connectivity index (χ2v) is 7.48. The topological polar surface area (TPSA) is 159 Å². The van der Waals surface area contributed by atoms with E-state index in [0.717, 1.165) is 52.2 Å². The highest BCUT2D eigenvalue weighted by Gasteiger charge is 2.28. The van der Waals surface area contributed by atoms with E-state index in [2.05, 4.69) is 9.88 Å². The van der Waals surface area contributed by atoms with Crippen LogP contribution in [0.2, 0.25) is 0 Å². The van der Waals surface area contributed by atoms with Gasteiger partial charge in [-0.1, -0.05) is 26.0 Å². The number of piperidine rings is 1. The van der Waals surface area contributed by atoms with Gasteiger partial charge in [0.25, 0.3) is 0 Å². The SMILES string of the molecule is CC.Nc1ccc(N)c(N)n1.Nc1ccccc1OC(=O)N1CCC(N2CCOCC2)CC1. The molecule has 1 aromatic heterocycles. The Labute approximate surface area is 195 Å². The summed E-state index contributed by atoms with van der Waals surface area (Å²) in [4.78, 5) is 20.2. The van der Waals surface area contributed by atoms with Gasteiger partial charge in [0.15, 0.2) is 5.75 Å². The molecule has 1 aromatic carbocycles. The second kappa shape index (κ2) is 13.3. The van der Waals surface area contributed by atoms with Gasteiger partial charge in [-0.15, -0.1) is 0 Å². The average molecular weight is 460 g/mol. The fraction of sp³-hybridized carbons (Fsp3) is 0.478. The average Bonchev–Trinajstić information content (AvgIpc) is 2.85. The molecule has 182 valence electrons. The van der Waals surface area contributed by atoms with Gasteiger partial charge in [-0.25, -0.2) is 9.78 Å². The predicted molar refractivity (Wildman–Crippen MR) is 133 cm³/mol. The molecular formula is C23H37N7O3. The van der Waals surface area contributed by atoms with Crippen LogP contribution in [0.1, 0.15) is 26.7 Å². The van der Waals surface area contributed by atoms with Crippen molar-refractivity contribution in [3.63, 3.8) is 0 Å². The third-order valence-corrected chi connectivity index (χ3v) is 5.38. The van der Waals surface area contributed by atoms with E-state index in [1.165, 1.54) is 0 Å². The maximum Gasteiger partial charge on any atom is 0.415 e. The summed E-state index contributed by atoms with van der Waals surface area (Å²) >= 11 is 0. The third kappa shape index (κ3) is 7.99. The van der Waals surface area contributed by atoms with E-state index in [4.69, 9.17) is 32.4 Å². The molecule has 33 heavy (non-hydrogen) atoms. The number of hydrogen-bond acceptors (Lipinski definition) is 9. The Balaban J connectivity index is 0.000000293. The molecule has 0 aliphatic carbocycles. The molecule has 0 atom stereocenters. The van der Waals surface area contributed by atoms with Crippen molar-refractivity contribution in [3.05, 3.63) is 36.4 Å². The molecule has 0 bridgehead atoms. The van der Waals surface area contributed by atoms with Gasteiger partial charge in [-0.2, -0.15) is 0 Å². The summed E-state index contributed by atoms with van der Waals surface area (Å²) in [6.07, 6.45) is 1.66. The van der Waals surface area contributed by atoms with Crippen LogP contribution < -0.4 is 27.7 Å². The first kappa shape index (κ1) is 26.0. The molecular weight excluding hydrogens is 422 g/mol. The molecule has 0 spiro atoms. The van der Waals surface area contributed by atoms with Crippen LogP contribution in [-0.2, 0) is 4.74 Å². The van der Waals surface area contributed by atoms with E-state index in [1.54, 1.807) is 29.2 Å². The molecule has 2 aliphatic rings. The molecule has 10 heteroatoms. The smallest absolute Gasteiger partial charge is 0.408 e. The lowest BCUT2D eigenvalue weighted by atomic mass is 10.0. The van der Waals surface area contributed by atoms with Gasteiger partial charge in [-0.05, 0) is 37.1 Å². The van der Waals surface area contributed by atoms with Crippen molar-refractivity contribution < 1.29 is 14.3 Å². The van der Waals surface area contributed by atoms with Crippen LogP contribution in [0.4, 0.5) is 27.8 Å². The summed E-state index contributed by atoms with van der Waals surface area (Å²) < 4.78 is 10.8. The number of nitrogens with two attached hydrogens (primary N) is 4. The number of nitrogen functional groups attached to an aromatic ring is 4. The first-order valence-corrected chi connectivity index (χ1v) is 11.3. The van der Waals surface area contributed by atoms with Crippen LogP contribution in [0.5, 0.6) is 5.75 Å². The standard InChI is InChI=1S/C16H23N3O3.C5H8N4.C2H6/c17-14-3-1-2-4-15(14)22-16(20)19-7-5-13(6-8-19)18-9-11-21-12-10-18;6-3-1-2-4(7)9-5(3)8;1-2/h1-4,13H,5-12,17H2;1-2H,6H2,(H4,7,8,9);1-2H3. The Hall–Kier alpha value is -3.24. The van der Waals surface area contributed by atoms with Gasteiger partial charge in [0.1, 0.15) is 11.6 Å². The molecule has 2 fully saturated rings. The lowest BCUT2D eigenvalue weighted by Crippen LogP contribution is -2.50. The molecule has 10 nitrogen and oxygen atoms in total. The van der Waals surface area contributed by atoms with Crippen LogP contribution in [0.25, 0.3) is 0 Å². The Kier molecular flexibility index (Phi) is 10.5. The lowest BCUT2D eigenvalue weighted by molar-refractivity contribution is 0.00235. The van der Waals surface area contributed by atoms with Gasteiger partial charge >= 0.3 is 6.09 Å². The predicted octanol–water partition coefficient (Wildman–Crippen LogP) is 2.42. The highest BCUT2D eigenvalue weighted by atomic mass is 16.6. The maximum atomic E-state index is 12.2. The van der Waals surface area contributed by atoms with Crippen molar-refractivity contribution in [2.24, 2.45) is 0 Å². The number of para-hydroxylation sites is 2. The van der Waals surface area contributed by atoms with Crippen molar-refractivity contribution in [1.29, 1.82) is 0 Å². The molecule has 2 aliphatic heterocycles. The largest absolute Gasteiger partial charge is 0.415 e. The Morgan fingerprint density at radius 1 is 0.939 bits per heavy atom. The van der Waals surface area contributed by atoms with Crippen molar-refractivity contribution >= 4 is 29.1 Å². The number of ether oxygens (including phenoxy) is 2. The number of hydrogen-bond donors (Lipinski definition) is 4. The summed E-state index contributed by atoms with van der Waals surface area (Å²) in [5.74, 6) is 1.11. The minimum absolute atomic E-state index is 0.287. The number of nitrogens with zero attached hydrogens (tertiary/aromatic N) is 3. The zero-order valence-corrected chi connectivity index (χ0v) is 19.6. The van der Waals surface area contributed by atoms with E-state index in [9.17, 15) is 4.79 Å². The monoisotopic (exact) mass is 459 g/mol. The van der Waals surface area contributed by atoms with Gasteiger partial charge in [0.05, 0.1) is 24.6 Å². The minimum Gasteiger partial charge on any atom is -0.408 e. The Morgan fingerprint density at radius 3 is 2.15 bits per heavy atom. The Bertz CT molecular complexity index is 867. The van der Waals surface area contributed by atoms with Gasteiger partial charge < -0.3 is 37.3 Å². The number of benzene rings is 1. The third-order valence-electron chi connectivity index (χ3n) is 5.38. The Morgan fingerprint density at radius 2 is 1.58 bits per heavy atom. The lowest BCUT2D eigenvalue weighted by Gasteiger charge is -2.39. The molecule has 0 radical (unpaired) electrons. The fourth-order valence-corrected chi connectivity index (χ4v) is 3.59. The van der Waals surface area contributed by atoms with Crippen LogP contribution in [-0.4, -0.2) is 66.3 Å². The maximum absolute atomic E-state index is 12.2. The van der Waals surface area contributed by atoms with E-state index in [1.807, 2.05) is 26.0 Å². The summed E-state index contributed by atoms with van der Waals surface area (Å²) in [5.41, 5.74) is 22.7. The van der Waals surface area contributed by atoms with E-state index in [0.29, 0.717) is 29.0 Å². The van der Waals surface area contributed by atoms with Crippen molar-refractivity contribution in [3.8, 4) is 5.75 Å². The molecule has 3 heterocycles. The van der Waals surface area contributed by atoms with Crippen molar-refractivity contribution in [1.82, 2.24) is 14.8 Å². The van der Waals surface area contributed by atoms with Crippen molar-refractivity contribution in [2.45, 2.75) is 32.7 Å². The van der Waals surface area contributed by atoms with Crippen LogP contribution >= 0.6 is 0 Å². The van der Waals surface area contributed by atoms with Gasteiger partial charge in [0.2, 0.25) is 0 Å². The summed E-state index contributed by atoms with van der Waals surface area (Å²) in [6, 6.07) is 10.9. The van der Waals surface area contributed by atoms with Gasteiger partial charge in [0, 0.05) is 32.2 Å². The number of morpholine rings is 1. The number of pyridine rings is 1. The number of likely N-dealkylation sites (tertiary alicyclic amines) is 1. The highest BCUT2D eigenvalue weighted by Crippen LogP contribution is 2.23. The van der Waals surface area contributed by atoms with E-state index < -0.39 is 0 Å². The highest BCUT2D eigenvalue weighted by molar-refractivity contribution is 5.73. The number of amides is 1. The van der Waals surface area contributed by atoms with E-state index in [-0.39, 0.29) is 11.9 Å². The van der Waals surface area contributed by atoms with Crippen LogP contribution in [0, 0.1) is 0 Å². The first-order chi connectivity index (χ1) is 15.9. The van der Waals surface area contributed by atoms with Gasteiger partial charge in [-0.3, -0.25) is 4.90 Å². The number of carbonyl (C=O) groups excluding carboxylic acids is 1. The van der Waals surface area contributed by atoms with Crippen LogP contribution in [0.3, 0.4) is 0 Å². The zero-order chi connectivity index (χ0) is 24.2.